The summed E-state index contributed by atoms with van der Waals surface area (Å²) < 4.78 is 12.7. The fraction of sp³-hybridized carbons (Fsp3) is 0.400. The van der Waals surface area contributed by atoms with Crippen LogP contribution in [-0.4, -0.2) is 84.7 Å². The summed E-state index contributed by atoms with van der Waals surface area (Å²) in [4.78, 5) is 4.57. The molecule has 4 aromatic rings. The highest BCUT2D eigenvalue weighted by atomic mass is 16.5. The lowest BCUT2D eigenvalue weighted by atomic mass is 9.99. The molecule has 4 aromatic carbocycles. The molecule has 0 aliphatic carbocycles. The van der Waals surface area contributed by atoms with E-state index in [4.69, 9.17) is 9.47 Å². The molecule has 1 saturated heterocycles. The Kier molecular flexibility index (Phi) is 12.2. The Morgan fingerprint density at radius 2 is 0.696 bits per heavy atom. The summed E-state index contributed by atoms with van der Waals surface area (Å²) in [5, 5.41) is 21.9. The molecule has 1 aliphatic rings. The van der Waals surface area contributed by atoms with Crippen LogP contribution in [0.15, 0.2) is 97.1 Å². The lowest BCUT2D eigenvalue weighted by Gasteiger charge is -2.36. The third-order valence-corrected chi connectivity index (χ3v) is 8.83. The fourth-order valence-electron chi connectivity index (χ4n) is 6.01. The number of piperazine rings is 1. The number of rotatable bonds is 14. The smallest absolute Gasteiger partial charge is 0.108 e. The minimum absolute atomic E-state index is 0.229. The molecule has 0 saturated carbocycles. The lowest BCUT2D eigenvalue weighted by molar-refractivity contribution is -0.0268. The normalized spacial score (nSPS) is 15.8. The van der Waals surface area contributed by atoms with Gasteiger partial charge in [0.25, 0.3) is 0 Å². The average molecular weight is 623 g/mol. The van der Waals surface area contributed by atoms with Crippen LogP contribution >= 0.6 is 0 Å². The summed E-state index contributed by atoms with van der Waals surface area (Å²) in [7, 11) is 0. The first-order chi connectivity index (χ1) is 22.2. The average Bonchev–Trinajstić information content (AvgIpc) is 3.05. The molecule has 0 unspecified atom stereocenters. The number of nitrogens with zero attached hydrogens (tertiary/aromatic N) is 2. The van der Waals surface area contributed by atoms with E-state index < -0.39 is 12.2 Å². The summed E-state index contributed by atoms with van der Waals surface area (Å²) in [6.07, 6.45) is -1.64. The number of hydrogen-bond donors (Lipinski definition) is 2. The summed E-state index contributed by atoms with van der Waals surface area (Å²) >= 11 is 0. The first-order valence-corrected chi connectivity index (χ1v) is 16.5. The van der Waals surface area contributed by atoms with Crippen molar-refractivity contribution in [1.82, 2.24) is 9.80 Å². The van der Waals surface area contributed by atoms with E-state index in [2.05, 4.69) is 135 Å². The van der Waals surface area contributed by atoms with Crippen LogP contribution < -0.4 is 0 Å². The van der Waals surface area contributed by atoms with Gasteiger partial charge in [0.1, 0.15) is 12.2 Å². The Morgan fingerprint density at radius 1 is 0.457 bits per heavy atom. The van der Waals surface area contributed by atoms with E-state index in [0.717, 1.165) is 48.4 Å². The minimum atomic E-state index is -0.593. The predicted octanol–water partition coefficient (Wildman–Crippen LogP) is 6.17. The van der Waals surface area contributed by atoms with Gasteiger partial charge in [-0.1, -0.05) is 119 Å². The summed E-state index contributed by atoms with van der Waals surface area (Å²) in [6.45, 7) is 13.3. The number of ether oxygens (including phenoxy) is 2. The van der Waals surface area contributed by atoms with Crippen LogP contribution in [0.1, 0.15) is 56.7 Å². The summed E-state index contributed by atoms with van der Waals surface area (Å²) in [5.41, 5.74) is 9.17. The Hall–Kier alpha value is -3.36. The van der Waals surface area contributed by atoms with E-state index in [1.54, 1.807) is 0 Å². The zero-order valence-corrected chi connectivity index (χ0v) is 27.8. The van der Waals surface area contributed by atoms with E-state index in [0.29, 0.717) is 13.1 Å². The zero-order chi connectivity index (χ0) is 32.5. The fourth-order valence-corrected chi connectivity index (χ4v) is 6.01. The molecule has 0 aromatic heterocycles. The Morgan fingerprint density at radius 3 is 0.935 bits per heavy atom. The highest BCUT2D eigenvalue weighted by Crippen LogP contribution is 2.28. The second kappa shape index (κ2) is 16.5. The molecule has 0 spiro atoms. The molecule has 2 N–H and O–H groups in total. The van der Waals surface area contributed by atoms with E-state index in [-0.39, 0.29) is 25.4 Å². The van der Waals surface area contributed by atoms with Gasteiger partial charge in [-0.15, -0.1) is 0 Å². The first-order valence-electron chi connectivity index (χ1n) is 16.5. The molecule has 5 rings (SSSR count). The minimum Gasteiger partial charge on any atom is -0.389 e. The SMILES string of the molecule is Cc1ccc(C(OC[C@@H](O)CN2CCN(C[C@H](O)COC(c3ccc(C)cc3)c3ccc(C)cc3)CC2)c2ccc(C)cc2)cc1. The van der Waals surface area contributed by atoms with Crippen molar-refractivity contribution >= 4 is 0 Å². The maximum absolute atomic E-state index is 10.9. The standard InChI is InChI=1S/C40H50N2O4/c1-29-5-13-33(14-6-29)39(34-15-7-30(2)8-16-34)45-27-37(43)25-41-21-23-42(24-22-41)26-38(44)28-46-40(35-17-9-31(3)10-18-35)36-19-11-32(4)12-20-36/h5-20,37-40,43-44H,21-28H2,1-4H3/t37-,38-/m0/s1. The maximum atomic E-state index is 10.9. The Balaban J connectivity index is 1.08. The summed E-state index contributed by atoms with van der Waals surface area (Å²) in [5.74, 6) is 0. The van der Waals surface area contributed by atoms with E-state index >= 15 is 0 Å². The van der Waals surface area contributed by atoms with Crippen LogP contribution in [0.5, 0.6) is 0 Å². The molecule has 2 atom stereocenters. The molecule has 244 valence electrons. The monoisotopic (exact) mass is 622 g/mol. The van der Waals surface area contributed by atoms with Crippen LogP contribution in [0.25, 0.3) is 0 Å². The zero-order valence-electron chi connectivity index (χ0n) is 27.8. The molecule has 46 heavy (non-hydrogen) atoms. The quantitative estimate of drug-likeness (QED) is 0.175. The van der Waals surface area contributed by atoms with Gasteiger partial charge >= 0.3 is 0 Å². The largest absolute Gasteiger partial charge is 0.389 e. The number of aryl methyl sites for hydroxylation is 4. The van der Waals surface area contributed by atoms with Gasteiger partial charge in [0, 0.05) is 39.3 Å². The molecule has 6 heteroatoms. The second-order valence-electron chi connectivity index (χ2n) is 13.0. The van der Waals surface area contributed by atoms with Crippen molar-refractivity contribution in [2.75, 3.05) is 52.5 Å². The third-order valence-electron chi connectivity index (χ3n) is 8.83. The molecular formula is C40H50N2O4. The molecule has 0 bridgehead atoms. The Labute approximate surface area is 275 Å². The van der Waals surface area contributed by atoms with Crippen LogP contribution in [0.2, 0.25) is 0 Å². The van der Waals surface area contributed by atoms with Crippen molar-refractivity contribution in [3.8, 4) is 0 Å². The topological polar surface area (TPSA) is 65.4 Å². The second-order valence-corrected chi connectivity index (χ2v) is 13.0. The van der Waals surface area contributed by atoms with Crippen LogP contribution in [0.3, 0.4) is 0 Å². The van der Waals surface area contributed by atoms with Crippen molar-refractivity contribution in [3.63, 3.8) is 0 Å². The molecule has 1 fully saturated rings. The van der Waals surface area contributed by atoms with Crippen LogP contribution in [0, 0.1) is 27.7 Å². The van der Waals surface area contributed by atoms with Crippen molar-refractivity contribution < 1.29 is 19.7 Å². The van der Waals surface area contributed by atoms with Gasteiger partial charge in [-0.2, -0.15) is 0 Å². The Bertz CT molecular complexity index is 1260. The van der Waals surface area contributed by atoms with Gasteiger partial charge in [0.2, 0.25) is 0 Å². The van der Waals surface area contributed by atoms with Crippen molar-refractivity contribution in [1.29, 1.82) is 0 Å². The predicted molar refractivity (Wildman–Crippen MR) is 185 cm³/mol. The van der Waals surface area contributed by atoms with Gasteiger partial charge in [0.15, 0.2) is 0 Å². The molecular weight excluding hydrogens is 572 g/mol. The lowest BCUT2D eigenvalue weighted by Crippen LogP contribution is -2.51. The number of aliphatic hydroxyl groups excluding tert-OH is 2. The molecule has 1 aliphatic heterocycles. The van der Waals surface area contributed by atoms with Crippen molar-refractivity contribution in [3.05, 3.63) is 142 Å². The van der Waals surface area contributed by atoms with Gasteiger partial charge < -0.3 is 19.7 Å². The van der Waals surface area contributed by atoms with Gasteiger partial charge in [-0.3, -0.25) is 9.80 Å². The van der Waals surface area contributed by atoms with Crippen LogP contribution in [0.4, 0.5) is 0 Å². The number of β-amino-alcohol motifs (C(OH)–C–C–N with tert-alkyl or cyclic N) is 2. The van der Waals surface area contributed by atoms with Crippen molar-refractivity contribution in [2.24, 2.45) is 0 Å². The van der Waals surface area contributed by atoms with E-state index in [9.17, 15) is 10.2 Å². The van der Waals surface area contributed by atoms with Crippen LogP contribution in [-0.2, 0) is 9.47 Å². The molecule has 1 heterocycles. The number of hydrogen-bond acceptors (Lipinski definition) is 6. The summed E-state index contributed by atoms with van der Waals surface area (Å²) in [6, 6.07) is 33.7. The first kappa shape index (κ1) is 34.0. The highest BCUT2D eigenvalue weighted by molar-refractivity contribution is 5.34. The van der Waals surface area contributed by atoms with Gasteiger partial charge in [0.05, 0.1) is 25.4 Å². The van der Waals surface area contributed by atoms with Gasteiger partial charge in [-0.05, 0) is 49.9 Å². The highest BCUT2D eigenvalue weighted by Gasteiger charge is 2.24. The third kappa shape index (κ3) is 9.82. The van der Waals surface area contributed by atoms with Crippen molar-refractivity contribution in [2.45, 2.75) is 52.1 Å². The molecule has 0 radical (unpaired) electrons. The van der Waals surface area contributed by atoms with E-state index in [1.165, 1.54) is 22.3 Å². The number of aliphatic hydroxyl groups is 2. The molecule has 6 nitrogen and oxygen atoms in total. The molecule has 0 amide bonds. The van der Waals surface area contributed by atoms with Gasteiger partial charge in [-0.25, -0.2) is 0 Å². The number of benzene rings is 4. The van der Waals surface area contributed by atoms with E-state index in [1.807, 2.05) is 0 Å². The maximum Gasteiger partial charge on any atom is 0.108 e.